The number of hydrogen-bond acceptors (Lipinski definition) is 5. The van der Waals surface area contributed by atoms with Gasteiger partial charge in [0.15, 0.2) is 11.4 Å². The molecule has 178 valence electrons. The summed E-state index contributed by atoms with van der Waals surface area (Å²) in [5, 5.41) is 20.4. The Bertz CT molecular complexity index is 1230. The van der Waals surface area contributed by atoms with Crippen LogP contribution in [0.2, 0.25) is 0 Å². The average molecular weight is 464 g/mol. The molecule has 0 aromatic carbocycles. The molecule has 0 spiro atoms. The van der Waals surface area contributed by atoms with Gasteiger partial charge in [-0.2, -0.15) is 4.52 Å². The lowest BCUT2D eigenvalue weighted by Crippen LogP contribution is -2.55. The molecule has 33 heavy (non-hydrogen) atoms. The number of carbonyl (C=O) groups is 2. The van der Waals surface area contributed by atoms with E-state index in [1.165, 1.54) is 9.47 Å². The normalized spacial score (nSPS) is 20.4. The molecule has 2 aliphatic carbocycles. The first-order valence-electron chi connectivity index (χ1n) is 11.0. The number of halogens is 2. The van der Waals surface area contributed by atoms with Crippen LogP contribution >= 0.6 is 0 Å². The highest BCUT2D eigenvalue weighted by Gasteiger charge is 2.50. The minimum atomic E-state index is -2.80. The number of hydrogen-bond donors (Lipinski definition) is 3. The molecule has 0 atom stereocenters. The lowest BCUT2D eigenvalue weighted by Gasteiger charge is -2.43. The van der Waals surface area contributed by atoms with E-state index in [9.17, 15) is 28.3 Å². The number of carbonyl (C=O) groups excluding carboxylic acids is 2. The quantitative estimate of drug-likeness (QED) is 0.641. The van der Waals surface area contributed by atoms with Crippen LogP contribution in [0.3, 0.4) is 0 Å². The molecule has 2 saturated carbocycles. The zero-order valence-electron chi connectivity index (χ0n) is 18.6. The smallest absolute Gasteiger partial charge is 0.323 e. The van der Waals surface area contributed by atoms with Crippen LogP contribution in [0.25, 0.3) is 5.65 Å². The van der Waals surface area contributed by atoms with Crippen molar-refractivity contribution in [1.29, 1.82) is 0 Å². The van der Waals surface area contributed by atoms with Crippen molar-refractivity contribution in [3.8, 4) is 5.88 Å². The molecule has 12 heteroatoms. The highest BCUT2D eigenvalue weighted by atomic mass is 19.3. The fraction of sp³-hybridized carbons (Fsp3) is 0.619. The van der Waals surface area contributed by atoms with E-state index in [-0.39, 0.29) is 36.0 Å². The molecule has 3 aliphatic rings. The third-order valence-electron chi connectivity index (χ3n) is 6.19. The molecule has 0 unspecified atom stereocenters. The maximum atomic E-state index is 13.4. The van der Waals surface area contributed by atoms with Crippen molar-refractivity contribution >= 4 is 23.4 Å². The summed E-state index contributed by atoms with van der Waals surface area (Å²) in [6.07, 6.45) is 0.757. The molecule has 3 N–H and O–H groups in total. The second-order valence-electron chi connectivity index (χ2n) is 10.4. The van der Waals surface area contributed by atoms with Crippen LogP contribution in [0, 0.1) is 5.41 Å². The van der Waals surface area contributed by atoms with Crippen molar-refractivity contribution in [2.45, 2.75) is 77.6 Å². The van der Waals surface area contributed by atoms with Gasteiger partial charge in [-0.25, -0.2) is 13.6 Å². The summed E-state index contributed by atoms with van der Waals surface area (Å²) in [6.45, 7) is 5.91. The number of nitrogens with one attached hydrogen (secondary N) is 2. The van der Waals surface area contributed by atoms with Gasteiger partial charge >= 0.3 is 6.03 Å². The second-order valence-corrected chi connectivity index (χ2v) is 10.4. The van der Waals surface area contributed by atoms with E-state index in [2.05, 4.69) is 15.7 Å². The Hall–Kier alpha value is -3.18. The molecule has 0 bridgehead atoms. The molecule has 2 aromatic heterocycles. The Balaban J connectivity index is 1.65. The minimum Gasteiger partial charge on any atom is -0.492 e. The molecule has 2 fully saturated rings. The predicted molar refractivity (Wildman–Crippen MR) is 114 cm³/mol. The first kappa shape index (κ1) is 21.7. The van der Waals surface area contributed by atoms with E-state index in [1.807, 2.05) is 20.8 Å². The zero-order chi connectivity index (χ0) is 23.9. The first-order valence-corrected chi connectivity index (χ1v) is 11.0. The van der Waals surface area contributed by atoms with Crippen molar-refractivity contribution in [3.05, 3.63) is 21.5 Å². The summed E-state index contributed by atoms with van der Waals surface area (Å²) in [5.41, 5.74) is -0.817. The summed E-state index contributed by atoms with van der Waals surface area (Å²) in [4.78, 5) is 40.1. The van der Waals surface area contributed by atoms with Crippen molar-refractivity contribution in [3.63, 3.8) is 0 Å². The van der Waals surface area contributed by atoms with Crippen LogP contribution in [0.1, 0.15) is 62.4 Å². The van der Waals surface area contributed by atoms with Crippen LogP contribution in [-0.4, -0.2) is 54.1 Å². The standard InChI is InChI=1S/C21H26F2N6O4/c1-20(2,3)9-28-16-12-8-27(11-6-21(22,23)7-11)19(33)25-14(12)26-29(16)18(32)13(17(28)31)15(30)24-10-4-5-10/h10-11,32H,4-9H2,1-3H3,(H,24,30)(H,25,26,33). The number of anilines is 1. The molecule has 3 amide bonds. The zero-order valence-corrected chi connectivity index (χ0v) is 18.6. The fourth-order valence-electron chi connectivity index (χ4n) is 4.41. The van der Waals surface area contributed by atoms with Gasteiger partial charge < -0.3 is 15.3 Å². The van der Waals surface area contributed by atoms with Gasteiger partial charge in [-0.15, -0.1) is 5.10 Å². The number of aromatic nitrogens is 3. The van der Waals surface area contributed by atoms with Gasteiger partial charge in [-0.1, -0.05) is 20.8 Å². The summed E-state index contributed by atoms with van der Waals surface area (Å²) in [5.74, 6) is -3.98. The minimum absolute atomic E-state index is 0.0256. The molecule has 1 aliphatic heterocycles. The lowest BCUT2D eigenvalue weighted by molar-refractivity contribution is -0.115. The van der Waals surface area contributed by atoms with Crippen molar-refractivity contribution in [2.24, 2.45) is 5.41 Å². The van der Waals surface area contributed by atoms with E-state index in [0.717, 1.165) is 17.4 Å². The third kappa shape index (κ3) is 3.70. The average Bonchev–Trinajstić information content (AvgIpc) is 3.40. The van der Waals surface area contributed by atoms with E-state index < -0.39 is 53.7 Å². The number of alkyl halides is 2. The van der Waals surface area contributed by atoms with Gasteiger partial charge in [0.2, 0.25) is 5.88 Å². The number of aromatic hydroxyl groups is 1. The third-order valence-corrected chi connectivity index (χ3v) is 6.19. The van der Waals surface area contributed by atoms with Gasteiger partial charge in [0.25, 0.3) is 17.4 Å². The second kappa shape index (κ2) is 6.91. The monoisotopic (exact) mass is 464 g/mol. The highest BCUT2D eigenvalue weighted by molar-refractivity contribution is 5.97. The molecular weight excluding hydrogens is 438 g/mol. The van der Waals surface area contributed by atoms with E-state index in [4.69, 9.17) is 0 Å². The molecule has 10 nitrogen and oxygen atoms in total. The van der Waals surface area contributed by atoms with Gasteiger partial charge in [0.1, 0.15) is 5.65 Å². The Morgan fingerprint density at radius 1 is 1.27 bits per heavy atom. The van der Waals surface area contributed by atoms with E-state index in [1.54, 1.807) is 0 Å². The Labute approximate surface area is 187 Å². The molecule has 0 radical (unpaired) electrons. The van der Waals surface area contributed by atoms with Gasteiger partial charge in [0.05, 0.1) is 12.1 Å². The topological polar surface area (TPSA) is 121 Å². The predicted octanol–water partition coefficient (Wildman–Crippen LogP) is 2.29. The lowest BCUT2D eigenvalue weighted by atomic mass is 9.86. The number of rotatable bonds is 4. The van der Waals surface area contributed by atoms with E-state index in [0.29, 0.717) is 5.56 Å². The van der Waals surface area contributed by atoms with Gasteiger partial charge in [-0.3, -0.25) is 19.5 Å². The Kier molecular flexibility index (Phi) is 4.53. The maximum absolute atomic E-state index is 13.4. The van der Waals surface area contributed by atoms with Crippen LogP contribution in [0.5, 0.6) is 5.88 Å². The summed E-state index contributed by atoms with van der Waals surface area (Å²) in [6, 6.07) is -1.23. The maximum Gasteiger partial charge on any atom is 0.323 e. The largest absolute Gasteiger partial charge is 0.492 e. The number of nitrogens with zero attached hydrogens (tertiary/aromatic N) is 4. The first-order chi connectivity index (χ1) is 15.3. The number of urea groups is 1. The molecule has 5 rings (SSSR count). The van der Waals surface area contributed by atoms with Gasteiger partial charge in [0, 0.05) is 31.5 Å². The van der Waals surface area contributed by atoms with Crippen molar-refractivity contribution in [1.82, 2.24) is 24.4 Å². The van der Waals surface area contributed by atoms with Crippen molar-refractivity contribution < 1.29 is 23.5 Å². The van der Waals surface area contributed by atoms with Crippen LogP contribution in [-0.2, 0) is 13.1 Å². The number of fused-ring (bicyclic) bond motifs is 3. The van der Waals surface area contributed by atoms with Gasteiger partial charge in [-0.05, 0) is 18.3 Å². The Morgan fingerprint density at radius 2 is 1.94 bits per heavy atom. The molecular formula is C21H26F2N6O4. The molecule has 3 heterocycles. The van der Waals surface area contributed by atoms with Crippen LogP contribution < -0.4 is 16.2 Å². The molecule has 2 aromatic rings. The summed E-state index contributed by atoms with van der Waals surface area (Å²) >= 11 is 0. The molecule has 0 saturated heterocycles. The summed E-state index contributed by atoms with van der Waals surface area (Å²) in [7, 11) is 0. The highest BCUT2D eigenvalue weighted by Crippen LogP contribution is 2.43. The summed E-state index contributed by atoms with van der Waals surface area (Å²) < 4.78 is 29.3. The fourth-order valence-corrected chi connectivity index (χ4v) is 4.41. The van der Waals surface area contributed by atoms with Crippen LogP contribution in [0.15, 0.2) is 4.79 Å². The Morgan fingerprint density at radius 3 is 2.52 bits per heavy atom. The van der Waals surface area contributed by atoms with E-state index >= 15 is 0 Å². The SMILES string of the molecule is CC(C)(C)Cn1c(=O)c(C(=O)NC2CC2)c(O)n2nc3c(c12)CN(C1CC(F)(F)C1)C(=O)N3. The van der Waals surface area contributed by atoms with Crippen LogP contribution in [0.4, 0.5) is 19.4 Å². The number of amides is 3. The van der Waals surface area contributed by atoms with Crippen molar-refractivity contribution in [2.75, 3.05) is 5.32 Å².